The van der Waals surface area contributed by atoms with E-state index in [0.29, 0.717) is 0 Å². The van der Waals surface area contributed by atoms with E-state index in [9.17, 15) is 29.4 Å². The Hall–Kier alpha value is -2.28. The van der Waals surface area contributed by atoms with Gasteiger partial charge in [-0.05, 0) is 26.8 Å². The van der Waals surface area contributed by atoms with Gasteiger partial charge in [0, 0.05) is 7.05 Å². The maximum atomic E-state index is 13.0. The molecule has 0 aromatic rings. The molecule has 0 unspecified atom stereocenters. The number of aliphatic carboxylic acids is 1. The molecule has 174 valence electrons. The Bertz CT molecular complexity index is 611. The molecule has 3 amide bonds. The molecule has 0 rings (SSSR count). The van der Waals surface area contributed by atoms with Gasteiger partial charge in [0.1, 0.15) is 24.2 Å². The Morgan fingerprint density at radius 2 is 1.40 bits per heavy atom. The molecule has 30 heavy (non-hydrogen) atoms. The Morgan fingerprint density at radius 1 is 0.900 bits per heavy atom. The molecule has 0 saturated carbocycles. The summed E-state index contributed by atoms with van der Waals surface area (Å²) in [6, 6.07) is -5.13. The fourth-order valence-electron chi connectivity index (χ4n) is 2.95. The number of carboxylic acids is 1. The molecule has 7 N–H and O–H groups in total. The molecular weight excluding hydrogens is 400 g/mol. The van der Waals surface area contributed by atoms with Gasteiger partial charge in [-0.15, -0.1) is 0 Å². The summed E-state index contributed by atoms with van der Waals surface area (Å²) >= 11 is 0. The number of carboxylic acid groups (broad SMARTS) is 1. The normalized spacial score (nSPS) is 17.3. The maximum Gasteiger partial charge on any atom is 0.328 e. The monoisotopic (exact) mass is 434 g/mol. The average molecular weight is 434 g/mol. The van der Waals surface area contributed by atoms with Crippen LogP contribution in [0.15, 0.2) is 0 Å². The molecule has 0 aliphatic heterocycles. The molecule has 0 spiro atoms. The fourth-order valence-corrected chi connectivity index (χ4v) is 2.95. The van der Waals surface area contributed by atoms with Crippen LogP contribution in [0.2, 0.25) is 0 Å². The molecule has 12 nitrogen and oxygen atoms in total. The van der Waals surface area contributed by atoms with Crippen LogP contribution in [0, 0.1) is 5.92 Å². The van der Waals surface area contributed by atoms with Crippen molar-refractivity contribution in [3.63, 3.8) is 0 Å². The van der Waals surface area contributed by atoms with E-state index in [-0.39, 0.29) is 0 Å². The van der Waals surface area contributed by atoms with Crippen LogP contribution < -0.4 is 16.0 Å². The van der Waals surface area contributed by atoms with Crippen molar-refractivity contribution in [1.82, 2.24) is 20.9 Å². The molecule has 0 heterocycles. The minimum atomic E-state index is -1.54. The lowest BCUT2D eigenvalue weighted by Crippen LogP contribution is -2.62. The quantitative estimate of drug-likeness (QED) is 0.166. The van der Waals surface area contributed by atoms with Gasteiger partial charge in [0.2, 0.25) is 17.7 Å². The van der Waals surface area contributed by atoms with Gasteiger partial charge >= 0.3 is 5.97 Å². The van der Waals surface area contributed by atoms with Crippen LogP contribution in [0.3, 0.4) is 0 Å². The van der Waals surface area contributed by atoms with Gasteiger partial charge in [0.15, 0.2) is 0 Å². The van der Waals surface area contributed by atoms with E-state index in [0.717, 1.165) is 4.90 Å². The summed E-state index contributed by atoms with van der Waals surface area (Å²) in [6.45, 7) is 5.09. The number of likely N-dealkylation sites (N-methyl/N-ethyl adjacent to an activating group) is 2. The highest BCUT2D eigenvalue weighted by atomic mass is 16.4. The van der Waals surface area contributed by atoms with Crippen molar-refractivity contribution in [3.8, 4) is 0 Å². The Labute approximate surface area is 175 Å². The molecular formula is C18H34N4O8. The first-order valence-corrected chi connectivity index (χ1v) is 9.54. The number of hydrogen-bond donors (Lipinski definition) is 7. The number of hydrogen-bond acceptors (Lipinski definition) is 8. The third-order valence-electron chi connectivity index (χ3n) is 4.58. The smallest absolute Gasteiger partial charge is 0.328 e. The van der Waals surface area contributed by atoms with Gasteiger partial charge in [-0.3, -0.25) is 14.4 Å². The highest BCUT2D eigenvalue weighted by Gasteiger charge is 2.38. The van der Waals surface area contributed by atoms with E-state index >= 15 is 0 Å². The summed E-state index contributed by atoms with van der Waals surface area (Å²) in [5.41, 5.74) is 0. The lowest BCUT2D eigenvalue weighted by Gasteiger charge is -2.34. The molecule has 0 aromatic carbocycles. The molecule has 0 aromatic heterocycles. The second-order valence-electron chi connectivity index (χ2n) is 7.45. The molecule has 6 atom stereocenters. The number of aliphatic hydroxyl groups excluding tert-OH is 3. The Balaban J connectivity index is 5.62. The van der Waals surface area contributed by atoms with Gasteiger partial charge in [-0.2, -0.15) is 0 Å². The highest BCUT2D eigenvalue weighted by Crippen LogP contribution is 2.13. The second-order valence-corrected chi connectivity index (χ2v) is 7.45. The minimum Gasteiger partial charge on any atom is -0.480 e. The molecule has 0 bridgehead atoms. The van der Waals surface area contributed by atoms with Crippen molar-refractivity contribution in [1.29, 1.82) is 0 Å². The van der Waals surface area contributed by atoms with E-state index < -0.39 is 72.6 Å². The number of rotatable bonds is 12. The first-order chi connectivity index (χ1) is 13.8. The van der Waals surface area contributed by atoms with Crippen molar-refractivity contribution in [2.45, 2.75) is 64.1 Å². The number of carbonyl (C=O) groups excluding carboxylic acids is 3. The van der Waals surface area contributed by atoms with Crippen LogP contribution in [0.25, 0.3) is 0 Å². The van der Waals surface area contributed by atoms with Gasteiger partial charge in [-0.1, -0.05) is 13.8 Å². The van der Waals surface area contributed by atoms with Crippen LogP contribution in [-0.2, 0) is 19.2 Å². The topological polar surface area (TPSA) is 189 Å². The van der Waals surface area contributed by atoms with E-state index in [1.165, 1.54) is 27.9 Å². The second kappa shape index (κ2) is 12.4. The predicted molar refractivity (Wildman–Crippen MR) is 106 cm³/mol. The van der Waals surface area contributed by atoms with Crippen LogP contribution in [0.1, 0.15) is 27.7 Å². The fraction of sp³-hybridized carbons (Fsp3) is 0.778. The first-order valence-electron chi connectivity index (χ1n) is 9.54. The van der Waals surface area contributed by atoms with Crippen LogP contribution in [-0.4, -0.2) is 106 Å². The summed E-state index contributed by atoms with van der Waals surface area (Å²) in [7, 11) is 2.73. The largest absolute Gasteiger partial charge is 0.480 e. The number of nitrogens with one attached hydrogen (secondary N) is 3. The summed E-state index contributed by atoms with van der Waals surface area (Å²) in [5, 5.41) is 44.9. The lowest BCUT2D eigenvalue weighted by atomic mass is 9.99. The summed E-state index contributed by atoms with van der Waals surface area (Å²) in [4.78, 5) is 50.0. The molecule has 0 fully saturated rings. The average Bonchev–Trinajstić information content (AvgIpc) is 2.62. The zero-order valence-electron chi connectivity index (χ0n) is 18.1. The predicted octanol–water partition coefficient (Wildman–Crippen LogP) is -3.13. The standard InChI is InChI=1S/C18H34N4O8/c1-8(2)14(16(27)20-11(7-23)18(29)30)22(6)17(28)13(10(4)25)21-15(26)12(19-5)9(3)24/h8-14,19,23-25H,7H2,1-6H3,(H,20,27)(H,21,26)(H,29,30)/t9-,10-,11+,12+,13+,14+/m1/s1. The highest BCUT2D eigenvalue weighted by molar-refractivity contribution is 5.94. The molecule has 0 aliphatic rings. The van der Waals surface area contributed by atoms with Crippen LogP contribution in [0.4, 0.5) is 0 Å². The van der Waals surface area contributed by atoms with Gasteiger partial charge < -0.3 is 41.3 Å². The number of amides is 3. The molecule has 0 saturated heterocycles. The van der Waals surface area contributed by atoms with Crippen molar-refractivity contribution in [2.24, 2.45) is 5.92 Å². The van der Waals surface area contributed by atoms with Gasteiger partial charge in [-0.25, -0.2) is 4.79 Å². The molecule has 12 heteroatoms. The van der Waals surface area contributed by atoms with E-state index in [1.54, 1.807) is 13.8 Å². The van der Waals surface area contributed by atoms with Gasteiger partial charge in [0.25, 0.3) is 0 Å². The zero-order valence-corrected chi connectivity index (χ0v) is 18.1. The number of nitrogens with zero attached hydrogens (tertiary/aromatic N) is 1. The van der Waals surface area contributed by atoms with E-state index in [4.69, 9.17) is 10.2 Å². The summed E-state index contributed by atoms with van der Waals surface area (Å²) < 4.78 is 0. The summed E-state index contributed by atoms with van der Waals surface area (Å²) in [6.07, 6.45) is -2.39. The van der Waals surface area contributed by atoms with Crippen LogP contribution >= 0.6 is 0 Å². The minimum absolute atomic E-state index is 0.458. The van der Waals surface area contributed by atoms with Crippen LogP contribution in [0.5, 0.6) is 0 Å². The van der Waals surface area contributed by atoms with Gasteiger partial charge in [0.05, 0.1) is 18.8 Å². The third-order valence-corrected chi connectivity index (χ3v) is 4.58. The Kier molecular flexibility index (Phi) is 11.5. The number of aliphatic hydroxyl groups is 3. The molecule has 0 aliphatic carbocycles. The lowest BCUT2D eigenvalue weighted by molar-refractivity contribution is -0.148. The Morgan fingerprint density at radius 3 is 1.73 bits per heavy atom. The summed E-state index contributed by atoms with van der Waals surface area (Å²) in [5.74, 6) is -4.22. The first kappa shape index (κ1) is 27.7. The van der Waals surface area contributed by atoms with E-state index in [2.05, 4.69) is 16.0 Å². The SMILES string of the molecule is CN[C@H](C(=O)N[C@H](C(=O)N(C)[C@H](C(=O)N[C@@H](CO)C(=O)O)C(C)C)[C@@H](C)O)[C@@H](C)O. The zero-order chi connectivity index (χ0) is 23.8. The van der Waals surface area contributed by atoms with Crippen molar-refractivity contribution in [3.05, 3.63) is 0 Å². The van der Waals surface area contributed by atoms with Crippen molar-refractivity contribution in [2.75, 3.05) is 20.7 Å². The van der Waals surface area contributed by atoms with E-state index in [1.807, 2.05) is 0 Å². The third kappa shape index (κ3) is 7.52. The maximum absolute atomic E-state index is 13.0. The number of carbonyl (C=O) groups is 4. The van der Waals surface area contributed by atoms with Crippen molar-refractivity contribution < 1.29 is 39.6 Å². The molecule has 0 radical (unpaired) electrons. The van der Waals surface area contributed by atoms with Crippen molar-refractivity contribution >= 4 is 23.7 Å².